The van der Waals surface area contributed by atoms with Crippen molar-refractivity contribution in [2.75, 3.05) is 5.32 Å². The molecule has 2 aromatic heterocycles. The van der Waals surface area contributed by atoms with Gasteiger partial charge in [-0.05, 0) is 25.8 Å². The first-order chi connectivity index (χ1) is 11.9. The molecular formula is C16H21N3O4S2. The molecule has 2 heterocycles. The molecule has 0 aromatic carbocycles. The Labute approximate surface area is 150 Å². The van der Waals surface area contributed by atoms with Crippen LogP contribution in [0.5, 0.6) is 0 Å². The van der Waals surface area contributed by atoms with Gasteiger partial charge >= 0.3 is 0 Å². The fourth-order valence-electron chi connectivity index (χ4n) is 2.87. The van der Waals surface area contributed by atoms with Crippen LogP contribution >= 0.6 is 11.3 Å². The molecule has 2 aromatic rings. The molecule has 0 radical (unpaired) electrons. The normalized spacial score (nSPS) is 16.5. The number of carbonyl (C=O) groups is 1. The fraction of sp³-hybridized carbons (Fsp3) is 0.500. The molecule has 25 heavy (non-hydrogen) atoms. The van der Waals surface area contributed by atoms with Crippen molar-refractivity contribution in [2.24, 2.45) is 0 Å². The number of thiophene rings is 1. The van der Waals surface area contributed by atoms with E-state index in [1.165, 1.54) is 11.4 Å². The number of hydrogen-bond donors (Lipinski definition) is 2. The van der Waals surface area contributed by atoms with Gasteiger partial charge in [-0.25, -0.2) is 13.1 Å². The van der Waals surface area contributed by atoms with E-state index in [0.717, 1.165) is 49.9 Å². The molecule has 2 N–H and O–H groups in total. The van der Waals surface area contributed by atoms with Gasteiger partial charge in [-0.1, -0.05) is 30.8 Å². The van der Waals surface area contributed by atoms with Crippen LogP contribution < -0.4 is 10.0 Å². The molecular weight excluding hydrogens is 362 g/mol. The van der Waals surface area contributed by atoms with Gasteiger partial charge in [0.15, 0.2) is 5.82 Å². The molecule has 0 aliphatic heterocycles. The molecule has 0 bridgehead atoms. The standard InChI is InChI=1S/C16H21N3O4S2/c1-11-8-15(18-23-11)17-16(20)14-9-13(10-24-14)25(21,22)19-12-6-4-2-3-5-7-12/h8-10,12,19H,2-7H2,1H3,(H,17,18,20). The zero-order valence-corrected chi connectivity index (χ0v) is 15.6. The predicted octanol–water partition coefficient (Wildman–Crippen LogP) is 3.30. The van der Waals surface area contributed by atoms with E-state index in [1.807, 2.05) is 0 Å². The van der Waals surface area contributed by atoms with E-state index in [0.29, 0.717) is 16.5 Å². The first-order valence-electron chi connectivity index (χ1n) is 8.29. The molecule has 1 fully saturated rings. The monoisotopic (exact) mass is 383 g/mol. The second-order valence-electron chi connectivity index (χ2n) is 6.23. The Morgan fingerprint density at radius 2 is 1.96 bits per heavy atom. The van der Waals surface area contributed by atoms with E-state index in [-0.39, 0.29) is 10.9 Å². The van der Waals surface area contributed by atoms with Gasteiger partial charge in [0.1, 0.15) is 5.76 Å². The van der Waals surface area contributed by atoms with Gasteiger partial charge in [-0.2, -0.15) is 0 Å². The third kappa shape index (κ3) is 4.68. The van der Waals surface area contributed by atoms with Crippen LogP contribution in [0.25, 0.3) is 0 Å². The van der Waals surface area contributed by atoms with Crippen molar-refractivity contribution >= 4 is 33.1 Å². The number of anilines is 1. The number of aryl methyl sites for hydroxylation is 1. The van der Waals surface area contributed by atoms with Crippen LogP contribution in [0.2, 0.25) is 0 Å². The van der Waals surface area contributed by atoms with Crippen molar-refractivity contribution < 1.29 is 17.7 Å². The molecule has 1 aliphatic carbocycles. The lowest BCUT2D eigenvalue weighted by Gasteiger charge is -2.15. The van der Waals surface area contributed by atoms with Crippen LogP contribution in [0.3, 0.4) is 0 Å². The number of hydrogen-bond acceptors (Lipinski definition) is 6. The molecule has 7 nitrogen and oxygen atoms in total. The maximum absolute atomic E-state index is 12.5. The highest BCUT2D eigenvalue weighted by Gasteiger charge is 2.23. The Bertz CT molecular complexity index is 833. The average Bonchev–Trinajstić information content (AvgIpc) is 3.13. The molecule has 0 saturated heterocycles. The summed E-state index contributed by atoms with van der Waals surface area (Å²) >= 11 is 1.09. The summed E-state index contributed by atoms with van der Waals surface area (Å²) < 4.78 is 32.8. The van der Waals surface area contributed by atoms with E-state index in [4.69, 9.17) is 4.52 Å². The van der Waals surface area contributed by atoms with Crippen molar-refractivity contribution in [3.63, 3.8) is 0 Å². The lowest BCUT2D eigenvalue weighted by atomic mass is 10.1. The summed E-state index contributed by atoms with van der Waals surface area (Å²) in [5.74, 6) is 0.475. The Morgan fingerprint density at radius 3 is 2.60 bits per heavy atom. The quantitative estimate of drug-likeness (QED) is 0.772. The maximum Gasteiger partial charge on any atom is 0.267 e. The summed E-state index contributed by atoms with van der Waals surface area (Å²) in [5, 5.41) is 7.76. The summed E-state index contributed by atoms with van der Waals surface area (Å²) in [5.41, 5.74) is 0. The zero-order valence-electron chi connectivity index (χ0n) is 13.9. The second-order valence-corrected chi connectivity index (χ2v) is 8.86. The van der Waals surface area contributed by atoms with Gasteiger partial charge in [-0.15, -0.1) is 11.3 Å². The van der Waals surface area contributed by atoms with Gasteiger partial charge < -0.3 is 9.84 Å². The largest absolute Gasteiger partial charge is 0.360 e. The minimum atomic E-state index is -3.61. The molecule has 3 rings (SSSR count). The Morgan fingerprint density at radius 1 is 1.24 bits per heavy atom. The maximum atomic E-state index is 12.5. The molecule has 1 aliphatic rings. The first kappa shape index (κ1) is 18.1. The molecule has 0 spiro atoms. The first-order valence-corrected chi connectivity index (χ1v) is 10.7. The highest BCUT2D eigenvalue weighted by atomic mass is 32.2. The number of amides is 1. The topological polar surface area (TPSA) is 101 Å². The summed E-state index contributed by atoms with van der Waals surface area (Å²) in [6.45, 7) is 1.72. The molecule has 0 unspecified atom stereocenters. The van der Waals surface area contributed by atoms with E-state index >= 15 is 0 Å². The van der Waals surface area contributed by atoms with Crippen molar-refractivity contribution in [1.29, 1.82) is 0 Å². The van der Waals surface area contributed by atoms with Crippen LogP contribution in [0, 0.1) is 6.92 Å². The van der Waals surface area contributed by atoms with Crippen LogP contribution in [0.15, 0.2) is 26.9 Å². The summed E-state index contributed by atoms with van der Waals surface area (Å²) in [4.78, 5) is 12.6. The lowest BCUT2D eigenvalue weighted by molar-refractivity contribution is 0.102. The van der Waals surface area contributed by atoms with Crippen molar-refractivity contribution in [2.45, 2.75) is 56.4 Å². The molecule has 9 heteroatoms. The molecule has 1 saturated carbocycles. The minimum Gasteiger partial charge on any atom is -0.360 e. The van der Waals surface area contributed by atoms with Gasteiger partial charge in [0, 0.05) is 17.5 Å². The van der Waals surface area contributed by atoms with Gasteiger partial charge in [-0.3, -0.25) is 4.79 Å². The molecule has 136 valence electrons. The summed E-state index contributed by atoms with van der Waals surface area (Å²) in [6.07, 6.45) is 6.12. The van der Waals surface area contributed by atoms with Gasteiger partial charge in [0.25, 0.3) is 5.91 Å². The zero-order chi connectivity index (χ0) is 17.9. The summed E-state index contributed by atoms with van der Waals surface area (Å²) in [7, 11) is -3.61. The molecule has 0 atom stereocenters. The molecule has 1 amide bonds. The average molecular weight is 383 g/mol. The Balaban J connectivity index is 1.67. The smallest absolute Gasteiger partial charge is 0.267 e. The van der Waals surface area contributed by atoms with Crippen LogP contribution in [-0.2, 0) is 10.0 Å². The summed E-state index contributed by atoms with van der Waals surface area (Å²) in [6, 6.07) is 2.96. The third-order valence-electron chi connectivity index (χ3n) is 4.16. The Kier molecular flexibility index (Phi) is 5.55. The number of nitrogens with one attached hydrogen (secondary N) is 2. The number of rotatable bonds is 5. The number of nitrogens with zero attached hydrogens (tertiary/aromatic N) is 1. The van der Waals surface area contributed by atoms with Crippen molar-refractivity contribution in [3.8, 4) is 0 Å². The Hall–Kier alpha value is -1.71. The highest BCUT2D eigenvalue weighted by molar-refractivity contribution is 7.89. The number of aromatic nitrogens is 1. The minimum absolute atomic E-state index is 0.0252. The third-order valence-corrected chi connectivity index (χ3v) is 6.73. The fourth-order valence-corrected chi connectivity index (χ4v) is 5.34. The van der Waals surface area contributed by atoms with Crippen molar-refractivity contribution in [3.05, 3.63) is 28.2 Å². The van der Waals surface area contributed by atoms with Crippen molar-refractivity contribution in [1.82, 2.24) is 9.88 Å². The van der Waals surface area contributed by atoms with E-state index in [9.17, 15) is 13.2 Å². The predicted molar refractivity (Wildman–Crippen MR) is 95.3 cm³/mol. The second kappa shape index (κ2) is 7.67. The van der Waals surface area contributed by atoms with Gasteiger partial charge in [0.05, 0.1) is 9.77 Å². The van der Waals surface area contributed by atoms with E-state index < -0.39 is 15.9 Å². The van der Waals surface area contributed by atoms with Gasteiger partial charge in [0.2, 0.25) is 10.0 Å². The van der Waals surface area contributed by atoms with E-state index in [2.05, 4.69) is 15.2 Å². The van der Waals surface area contributed by atoms with Crippen LogP contribution in [0.4, 0.5) is 5.82 Å². The lowest BCUT2D eigenvalue weighted by Crippen LogP contribution is -2.34. The van der Waals surface area contributed by atoms with E-state index in [1.54, 1.807) is 13.0 Å². The van der Waals surface area contributed by atoms with Crippen LogP contribution in [-0.4, -0.2) is 25.5 Å². The number of sulfonamides is 1. The number of carbonyl (C=O) groups excluding carboxylic acids is 1. The highest BCUT2D eigenvalue weighted by Crippen LogP contribution is 2.23. The SMILES string of the molecule is Cc1cc(NC(=O)c2cc(S(=O)(=O)NC3CCCCCC3)cs2)no1. The van der Waals surface area contributed by atoms with Crippen LogP contribution in [0.1, 0.15) is 54.0 Å².